The molecule has 1 rings (SSSR count). The molecule has 0 bridgehead atoms. The standard InChI is InChI=1S/C13H17FN2O2/c1-3-6-16-13(17)8-18-12-5-4-10(14)7-11(12)9(2)15/h3-5,7,9H,1,6,8,15H2,2H3,(H,16,17)/t9-/m1/s1. The van der Waals surface area contributed by atoms with Crippen molar-refractivity contribution in [3.05, 3.63) is 42.2 Å². The zero-order chi connectivity index (χ0) is 13.5. The lowest BCUT2D eigenvalue weighted by molar-refractivity contribution is -0.122. The van der Waals surface area contributed by atoms with Crippen molar-refractivity contribution in [3.8, 4) is 5.75 Å². The SMILES string of the molecule is C=CCNC(=O)COc1ccc(F)cc1[C@@H](C)N. The summed E-state index contributed by atoms with van der Waals surface area (Å²) < 4.78 is 18.4. The first-order valence-electron chi connectivity index (χ1n) is 5.60. The van der Waals surface area contributed by atoms with E-state index in [0.717, 1.165) is 0 Å². The molecule has 0 radical (unpaired) electrons. The minimum Gasteiger partial charge on any atom is -0.483 e. The highest BCUT2D eigenvalue weighted by atomic mass is 19.1. The van der Waals surface area contributed by atoms with Gasteiger partial charge in [-0.05, 0) is 25.1 Å². The van der Waals surface area contributed by atoms with E-state index in [1.165, 1.54) is 18.2 Å². The lowest BCUT2D eigenvalue weighted by atomic mass is 10.1. The molecule has 0 aliphatic heterocycles. The van der Waals surface area contributed by atoms with Gasteiger partial charge in [0.1, 0.15) is 11.6 Å². The summed E-state index contributed by atoms with van der Waals surface area (Å²) in [5, 5.41) is 2.58. The fourth-order valence-corrected chi connectivity index (χ4v) is 1.39. The summed E-state index contributed by atoms with van der Waals surface area (Å²) >= 11 is 0. The molecule has 0 aromatic heterocycles. The molecule has 0 unspecified atom stereocenters. The average Bonchev–Trinajstić information content (AvgIpc) is 2.34. The van der Waals surface area contributed by atoms with Gasteiger partial charge in [-0.1, -0.05) is 6.08 Å². The number of amides is 1. The summed E-state index contributed by atoms with van der Waals surface area (Å²) in [5.41, 5.74) is 6.24. The molecule has 98 valence electrons. The molecule has 0 saturated heterocycles. The second kappa shape index (κ2) is 6.76. The van der Waals surface area contributed by atoms with E-state index in [4.69, 9.17) is 10.5 Å². The molecule has 0 heterocycles. The smallest absolute Gasteiger partial charge is 0.258 e. The van der Waals surface area contributed by atoms with Crippen LogP contribution in [0.5, 0.6) is 5.75 Å². The second-order valence-corrected chi connectivity index (χ2v) is 3.85. The highest BCUT2D eigenvalue weighted by Crippen LogP contribution is 2.24. The molecule has 0 fully saturated rings. The number of carbonyl (C=O) groups is 1. The molecule has 1 atom stereocenters. The number of ether oxygens (including phenoxy) is 1. The van der Waals surface area contributed by atoms with Gasteiger partial charge >= 0.3 is 0 Å². The van der Waals surface area contributed by atoms with Gasteiger partial charge in [-0.3, -0.25) is 4.79 Å². The van der Waals surface area contributed by atoms with Crippen LogP contribution < -0.4 is 15.8 Å². The van der Waals surface area contributed by atoms with Crippen LogP contribution in [0.4, 0.5) is 4.39 Å². The van der Waals surface area contributed by atoms with E-state index in [0.29, 0.717) is 17.9 Å². The minimum absolute atomic E-state index is 0.140. The van der Waals surface area contributed by atoms with Crippen LogP contribution >= 0.6 is 0 Å². The fraction of sp³-hybridized carbons (Fsp3) is 0.308. The van der Waals surface area contributed by atoms with Crippen molar-refractivity contribution in [1.29, 1.82) is 0 Å². The number of benzene rings is 1. The van der Waals surface area contributed by atoms with Crippen LogP contribution in [-0.2, 0) is 4.79 Å². The van der Waals surface area contributed by atoms with Crippen LogP contribution in [-0.4, -0.2) is 19.1 Å². The number of hydrogen-bond donors (Lipinski definition) is 2. The van der Waals surface area contributed by atoms with E-state index >= 15 is 0 Å². The Balaban J connectivity index is 2.66. The van der Waals surface area contributed by atoms with Gasteiger partial charge in [-0.15, -0.1) is 6.58 Å². The van der Waals surface area contributed by atoms with Gasteiger partial charge in [0.05, 0.1) is 0 Å². The van der Waals surface area contributed by atoms with Crippen molar-refractivity contribution in [2.75, 3.05) is 13.2 Å². The maximum absolute atomic E-state index is 13.1. The predicted molar refractivity (Wildman–Crippen MR) is 67.7 cm³/mol. The summed E-state index contributed by atoms with van der Waals surface area (Å²) in [4.78, 5) is 11.3. The topological polar surface area (TPSA) is 64.3 Å². The lowest BCUT2D eigenvalue weighted by Crippen LogP contribution is -2.29. The normalized spacial score (nSPS) is 11.7. The molecule has 3 N–H and O–H groups in total. The number of hydrogen-bond acceptors (Lipinski definition) is 3. The first kappa shape index (κ1) is 14.2. The highest BCUT2D eigenvalue weighted by molar-refractivity contribution is 5.77. The maximum atomic E-state index is 13.1. The molecule has 5 heteroatoms. The lowest BCUT2D eigenvalue weighted by Gasteiger charge is -2.13. The zero-order valence-electron chi connectivity index (χ0n) is 10.3. The number of halogens is 1. The van der Waals surface area contributed by atoms with E-state index in [2.05, 4.69) is 11.9 Å². The summed E-state index contributed by atoms with van der Waals surface area (Å²) in [6.45, 7) is 5.45. The number of rotatable bonds is 6. The van der Waals surface area contributed by atoms with E-state index < -0.39 is 0 Å². The van der Waals surface area contributed by atoms with Gasteiger partial charge in [-0.2, -0.15) is 0 Å². The van der Waals surface area contributed by atoms with Crippen molar-refractivity contribution in [1.82, 2.24) is 5.32 Å². The van der Waals surface area contributed by atoms with Crippen molar-refractivity contribution >= 4 is 5.91 Å². The van der Waals surface area contributed by atoms with Gasteiger partial charge in [-0.25, -0.2) is 4.39 Å². The third-order valence-electron chi connectivity index (χ3n) is 2.26. The van der Waals surface area contributed by atoms with Crippen LogP contribution in [0.2, 0.25) is 0 Å². The van der Waals surface area contributed by atoms with Crippen LogP contribution in [0.15, 0.2) is 30.9 Å². The highest BCUT2D eigenvalue weighted by Gasteiger charge is 2.11. The van der Waals surface area contributed by atoms with Gasteiger partial charge in [0.2, 0.25) is 0 Å². The maximum Gasteiger partial charge on any atom is 0.258 e. The number of nitrogens with one attached hydrogen (secondary N) is 1. The molecular formula is C13H17FN2O2. The van der Waals surface area contributed by atoms with Crippen LogP contribution in [0.3, 0.4) is 0 Å². The Kier molecular flexibility index (Phi) is 5.32. The van der Waals surface area contributed by atoms with E-state index in [9.17, 15) is 9.18 Å². The Labute approximate surface area is 106 Å². The predicted octanol–water partition coefficient (Wildman–Crippen LogP) is 1.53. The molecule has 0 aliphatic rings. The molecule has 1 aromatic rings. The Bertz CT molecular complexity index is 433. The zero-order valence-corrected chi connectivity index (χ0v) is 10.3. The molecule has 0 spiro atoms. The quantitative estimate of drug-likeness (QED) is 0.755. The van der Waals surface area contributed by atoms with Gasteiger partial charge in [0.25, 0.3) is 5.91 Å². The van der Waals surface area contributed by atoms with Gasteiger partial charge < -0.3 is 15.8 Å². The summed E-state index contributed by atoms with van der Waals surface area (Å²) in [6, 6.07) is 3.67. The summed E-state index contributed by atoms with van der Waals surface area (Å²) in [5.74, 6) is -0.235. The third-order valence-corrected chi connectivity index (χ3v) is 2.26. The van der Waals surface area contributed by atoms with Crippen LogP contribution in [0, 0.1) is 5.82 Å². The molecule has 0 saturated carbocycles. The van der Waals surface area contributed by atoms with Gasteiger partial charge in [0, 0.05) is 18.2 Å². The molecule has 1 aromatic carbocycles. The van der Waals surface area contributed by atoms with Crippen molar-refractivity contribution in [3.63, 3.8) is 0 Å². The summed E-state index contributed by atoms with van der Waals surface area (Å²) in [7, 11) is 0. The van der Waals surface area contributed by atoms with E-state index in [-0.39, 0.29) is 24.4 Å². The largest absolute Gasteiger partial charge is 0.483 e. The number of nitrogens with two attached hydrogens (primary N) is 1. The molecule has 0 aliphatic carbocycles. The van der Waals surface area contributed by atoms with Crippen LogP contribution in [0.25, 0.3) is 0 Å². The van der Waals surface area contributed by atoms with Crippen molar-refractivity contribution in [2.24, 2.45) is 5.73 Å². The second-order valence-electron chi connectivity index (χ2n) is 3.85. The first-order valence-corrected chi connectivity index (χ1v) is 5.60. The molecule has 1 amide bonds. The molecule has 18 heavy (non-hydrogen) atoms. The molecular weight excluding hydrogens is 235 g/mol. The minimum atomic E-state index is -0.384. The van der Waals surface area contributed by atoms with E-state index in [1.54, 1.807) is 13.0 Å². The van der Waals surface area contributed by atoms with E-state index in [1.807, 2.05) is 0 Å². The Morgan fingerprint density at radius 3 is 3.00 bits per heavy atom. The molecule has 4 nitrogen and oxygen atoms in total. The van der Waals surface area contributed by atoms with Crippen molar-refractivity contribution < 1.29 is 13.9 Å². The monoisotopic (exact) mass is 252 g/mol. The third kappa shape index (κ3) is 4.18. The van der Waals surface area contributed by atoms with Gasteiger partial charge in [0.15, 0.2) is 6.61 Å². The average molecular weight is 252 g/mol. The fourth-order valence-electron chi connectivity index (χ4n) is 1.39. The Morgan fingerprint density at radius 1 is 1.67 bits per heavy atom. The Hall–Kier alpha value is -1.88. The Morgan fingerprint density at radius 2 is 2.39 bits per heavy atom. The number of carbonyl (C=O) groups excluding carboxylic acids is 1. The van der Waals surface area contributed by atoms with Crippen LogP contribution in [0.1, 0.15) is 18.5 Å². The first-order chi connectivity index (χ1) is 8.54. The summed E-state index contributed by atoms with van der Waals surface area (Å²) in [6.07, 6.45) is 1.57. The van der Waals surface area contributed by atoms with Crippen molar-refractivity contribution in [2.45, 2.75) is 13.0 Å².